The SMILES string of the molecule is [O-2].[O-2].[Ti+4].c1ccc(P(c2ccccc2)c2ccccc2)cc1. The first-order valence-electron chi connectivity index (χ1n) is 6.40. The molecule has 0 N–H and O–H groups in total. The van der Waals surface area contributed by atoms with E-state index in [1.807, 2.05) is 0 Å². The maximum atomic E-state index is 2.23. The van der Waals surface area contributed by atoms with Gasteiger partial charge in [-0.2, -0.15) is 0 Å². The third-order valence-electron chi connectivity index (χ3n) is 3.04. The minimum Gasteiger partial charge on any atom is -2.00 e. The third-order valence-corrected chi connectivity index (χ3v) is 5.49. The molecule has 0 unspecified atom stereocenters. The van der Waals surface area contributed by atoms with Crippen LogP contribution in [0.4, 0.5) is 0 Å². The van der Waals surface area contributed by atoms with Crippen LogP contribution < -0.4 is 15.9 Å². The molecule has 0 fully saturated rings. The van der Waals surface area contributed by atoms with Crippen LogP contribution in [0.15, 0.2) is 91.0 Å². The van der Waals surface area contributed by atoms with E-state index in [0.717, 1.165) is 0 Å². The average Bonchev–Trinajstić information content (AvgIpc) is 2.51. The van der Waals surface area contributed by atoms with Crippen molar-refractivity contribution in [3.8, 4) is 0 Å². The zero-order valence-corrected chi connectivity index (χ0v) is 14.4. The second-order valence-electron chi connectivity index (χ2n) is 4.34. The molecule has 3 aromatic rings. The molecule has 4 heteroatoms. The molecule has 0 aromatic heterocycles. The zero-order valence-electron chi connectivity index (χ0n) is 11.9. The Morgan fingerprint density at radius 2 is 0.636 bits per heavy atom. The summed E-state index contributed by atoms with van der Waals surface area (Å²) in [5.41, 5.74) is 0. The number of hydrogen-bond donors (Lipinski definition) is 0. The van der Waals surface area contributed by atoms with E-state index in [1.165, 1.54) is 15.9 Å². The van der Waals surface area contributed by atoms with Crippen molar-refractivity contribution in [2.24, 2.45) is 0 Å². The van der Waals surface area contributed by atoms with E-state index in [-0.39, 0.29) is 32.7 Å². The third kappa shape index (κ3) is 4.88. The quantitative estimate of drug-likeness (QED) is 0.519. The zero-order chi connectivity index (χ0) is 12.9. The smallest absolute Gasteiger partial charge is 2.00 e. The van der Waals surface area contributed by atoms with Crippen LogP contribution in [0.1, 0.15) is 0 Å². The van der Waals surface area contributed by atoms with E-state index in [1.54, 1.807) is 0 Å². The molecular formula is C18H15O2PTi. The molecule has 0 heterocycles. The topological polar surface area (TPSA) is 57.0 Å². The minimum atomic E-state index is -0.446. The van der Waals surface area contributed by atoms with Gasteiger partial charge in [0.05, 0.1) is 0 Å². The molecule has 0 saturated heterocycles. The summed E-state index contributed by atoms with van der Waals surface area (Å²) in [6.45, 7) is 0. The van der Waals surface area contributed by atoms with Crippen LogP contribution in [0.25, 0.3) is 0 Å². The largest absolute Gasteiger partial charge is 4.00 e. The van der Waals surface area contributed by atoms with Crippen LogP contribution in [0, 0.1) is 0 Å². The second-order valence-corrected chi connectivity index (χ2v) is 6.56. The molecular weight excluding hydrogens is 327 g/mol. The van der Waals surface area contributed by atoms with Gasteiger partial charge in [0.1, 0.15) is 0 Å². The summed E-state index contributed by atoms with van der Waals surface area (Å²) in [5, 5.41) is 4.19. The van der Waals surface area contributed by atoms with Crippen molar-refractivity contribution in [2.45, 2.75) is 0 Å². The molecule has 0 aliphatic heterocycles. The summed E-state index contributed by atoms with van der Waals surface area (Å²) < 4.78 is 0. The van der Waals surface area contributed by atoms with Crippen LogP contribution in [0.5, 0.6) is 0 Å². The minimum absolute atomic E-state index is 0. The Labute approximate surface area is 147 Å². The van der Waals surface area contributed by atoms with Gasteiger partial charge in [-0.3, -0.25) is 0 Å². The van der Waals surface area contributed by atoms with Crippen LogP contribution in [-0.2, 0) is 32.7 Å². The molecule has 0 atom stereocenters. The van der Waals surface area contributed by atoms with Gasteiger partial charge in [0.25, 0.3) is 0 Å². The van der Waals surface area contributed by atoms with Crippen molar-refractivity contribution in [3.05, 3.63) is 91.0 Å². The van der Waals surface area contributed by atoms with Gasteiger partial charge < -0.3 is 11.0 Å². The van der Waals surface area contributed by atoms with E-state index in [4.69, 9.17) is 0 Å². The predicted octanol–water partition coefficient (Wildman–Crippen LogP) is 3.20. The van der Waals surface area contributed by atoms with Gasteiger partial charge in [-0.05, 0) is 23.8 Å². The molecule has 2 nitrogen and oxygen atoms in total. The number of rotatable bonds is 3. The van der Waals surface area contributed by atoms with Gasteiger partial charge in [0.2, 0.25) is 0 Å². The van der Waals surface area contributed by atoms with Crippen LogP contribution in [0.3, 0.4) is 0 Å². The van der Waals surface area contributed by atoms with E-state index >= 15 is 0 Å². The molecule has 0 radical (unpaired) electrons. The first kappa shape index (κ1) is 20.7. The van der Waals surface area contributed by atoms with Gasteiger partial charge in [-0.25, -0.2) is 0 Å². The van der Waals surface area contributed by atoms with E-state index in [2.05, 4.69) is 91.0 Å². The molecule has 3 aromatic carbocycles. The fourth-order valence-electron chi connectivity index (χ4n) is 2.18. The van der Waals surface area contributed by atoms with Gasteiger partial charge >= 0.3 is 21.7 Å². The van der Waals surface area contributed by atoms with Gasteiger partial charge in [-0.15, -0.1) is 0 Å². The Kier molecular flexibility index (Phi) is 9.84. The number of hydrogen-bond acceptors (Lipinski definition) is 0. The second kappa shape index (κ2) is 10.5. The predicted molar refractivity (Wildman–Crippen MR) is 86.5 cm³/mol. The van der Waals surface area contributed by atoms with Crippen molar-refractivity contribution in [3.63, 3.8) is 0 Å². The molecule has 0 aliphatic rings. The van der Waals surface area contributed by atoms with Crippen molar-refractivity contribution >= 4 is 23.8 Å². The van der Waals surface area contributed by atoms with Gasteiger partial charge in [0.15, 0.2) is 0 Å². The van der Waals surface area contributed by atoms with Gasteiger partial charge in [0, 0.05) is 0 Å². The summed E-state index contributed by atoms with van der Waals surface area (Å²) in [7, 11) is -0.446. The molecule has 0 aliphatic carbocycles. The normalized spacial score (nSPS) is 9.14. The Morgan fingerprint density at radius 1 is 0.409 bits per heavy atom. The van der Waals surface area contributed by atoms with Crippen LogP contribution in [0.2, 0.25) is 0 Å². The summed E-state index contributed by atoms with van der Waals surface area (Å²) in [4.78, 5) is 0. The van der Waals surface area contributed by atoms with Gasteiger partial charge in [-0.1, -0.05) is 91.0 Å². The van der Waals surface area contributed by atoms with Crippen molar-refractivity contribution in [1.29, 1.82) is 0 Å². The van der Waals surface area contributed by atoms with Crippen molar-refractivity contribution in [1.82, 2.24) is 0 Å². The van der Waals surface area contributed by atoms with Crippen molar-refractivity contribution < 1.29 is 32.7 Å². The van der Waals surface area contributed by atoms with Crippen LogP contribution in [-0.4, -0.2) is 0 Å². The summed E-state index contributed by atoms with van der Waals surface area (Å²) in [5.74, 6) is 0. The molecule has 0 spiro atoms. The van der Waals surface area contributed by atoms with Crippen LogP contribution >= 0.6 is 7.92 Å². The Balaban J connectivity index is 0.00000147. The molecule has 108 valence electrons. The Hall–Kier alpha value is -1.28. The first-order valence-corrected chi connectivity index (χ1v) is 7.74. The fourth-order valence-corrected chi connectivity index (χ4v) is 4.48. The summed E-state index contributed by atoms with van der Waals surface area (Å²) >= 11 is 0. The molecule has 0 saturated carbocycles. The Bertz CT molecular complexity index is 539. The van der Waals surface area contributed by atoms with E-state index in [0.29, 0.717) is 0 Å². The van der Waals surface area contributed by atoms with E-state index in [9.17, 15) is 0 Å². The summed E-state index contributed by atoms with van der Waals surface area (Å²) in [6, 6.07) is 32.3. The van der Waals surface area contributed by atoms with E-state index < -0.39 is 7.92 Å². The maximum Gasteiger partial charge on any atom is 4.00 e. The van der Waals surface area contributed by atoms with Crippen molar-refractivity contribution in [2.75, 3.05) is 0 Å². The monoisotopic (exact) mass is 342 g/mol. The first-order chi connectivity index (χ1) is 9.45. The molecule has 0 bridgehead atoms. The molecule has 22 heavy (non-hydrogen) atoms. The molecule has 0 amide bonds. The maximum absolute atomic E-state index is 2.23. The number of benzene rings is 3. The fraction of sp³-hybridized carbons (Fsp3) is 0. The standard InChI is InChI=1S/C18H15P.2O.Ti/c1-4-10-16(11-5-1)19(17-12-6-2-7-13-17)18-14-8-3-9-15-18;;;/h1-15H;;;/q;2*-2;+4. The summed E-state index contributed by atoms with van der Waals surface area (Å²) in [6.07, 6.45) is 0. The average molecular weight is 342 g/mol. The Morgan fingerprint density at radius 3 is 0.864 bits per heavy atom. The molecule has 3 rings (SSSR count).